The zero-order valence-electron chi connectivity index (χ0n) is 16.5. The van der Waals surface area contributed by atoms with Crippen molar-refractivity contribution in [3.8, 4) is 0 Å². The van der Waals surface area contributed by atoms with E-state index in [1.165, 1.54) is 31.0 Å². The molecule has 0 bridgehead atoms. The molecule has 0 amide bonds. The molecule has 0 radical (unpaired) electrons. The Morgan fingerprint density at radius 2 is 1.71 bits per heavy atom. The maximum Gasteiger partial charge on any atom is 0.160 e. The van der Waals surface area contributed by atoms with Gasteiger partial charge in [0.25, 0.3) is 0 Å². The highest BCUT2D eigenvalue weighted by Gasteiger charge is 2.16. The quantitative estimate of drug-likeness (QED) is 0.401. The van der Waals surface area contributed by atoms with Gasteiger partial charge in [-0.1, -0.05) is 50.3 Å². The minimum Gasteiger partial charge on any atom is -0.378 e. The van der Waals surface area contributed by atoms with E-state index in [1.54, 1.807) is 0 Å². The van der Waals surface area contributed by atoms with Crippen LogP contribution < -0.4 is 10.4 Å². The van der Waals surface area contributed by atoms with Crippen molar-refractivity contribution in [1.82, 2.24) is 5.48 Å². The number of halogens is 2. The van der Waals surface area contributed by atoms with Crippen LogP contribution in [0.4, 0.5) is 20.2 Å². The first kappa shape index (κ1) is 21.8. The zero-order chi connectivity index (χ0) is 20.4. The average molecular weight is 389 g/mol. The fourth-order valence-corrected chi connectivity index (χ4v) is 3.22. The molecule has 2 N–H and O–H groups in total. The van der Waals surface area contributed by atoms with Crippen molar-refractivity contribution in [1.29, 1.82) is 0 Å². The molecule has 1 aliphatic carbocycles. The van der Waals surface area contributed by atoms with Crippen molar-refractivity contribution >= 4 is 17.2 Å². The van der Waals surface area contributed by atoms with Crippen LogP contribution in [0.5, 0.6) is 0 Å². The molecule has 0 spiro atoms. The van der Waals surface area contributed by atoms with Crippen molar-refractivity contribution in [2.45, 2.75) is 38.5 Å². The largest absolute Gasteiger partial charge is 0.378 e. The molecule has 3 rings (SSSR count). The molecule has 2 aromatic carbocycles. The number of anilines is 1. The van der Waals surface area contributed by atoms with Crippen LogP contribution in [0, 0.1) is 17.6 Å². The van der Waals surface area contributed by atoms with Gasteiger partial charge in [-0.25, -0.2) is 13.8 Å². The second-order valence-corrected chi connectivity index (χ2v) is 7.21. The van der Waals surface area contributed by atoms with Crippen molar-refractivity contribution in [2.75, 3.05) is 19.0 Å². The standard InChI is InChI=1S/C14H18F2N2O.C8H11N/c15-12-7-6-11(9-13(12)16)17-14(18-19)8-10-4-2-1-3-5-10;1-9(2)8-6-4-3-5-7-8/h6-7,9-10,19H,1-5,8H2,(H,17,18);3-7H,1-2H3. The number of hydrogen-bond donors (Lipinski definition) is 2. The summed E-state index contributed by atoms with van der Waals surface area (Å²) in [5.41, 5.74) is 3.61. The minimum absolute atomic E-state index is 0.297. The van der Waals surface area contributed by atoms with Crippen LogP contribution in [0.2, 0.25) is 0 Å². The van der Waals surface area contributed by atoms with E-state index in [9.17, 15) is 8.78 Å². The Kier molecular flexibility index (Phi) is 8.88. The summed E-state index contributed by atoms with van der Waals surface area (Å²) in [6, 6.07) is 13.7. The molecule has 1 fully saturated rings. The number of hydrogen-bond acceptors (Lipinski definition) is 3. The summed E-state index contributed by atoms with van der Waals surface area (Å²) in [6.45, 7) is 0. The molecular formula is C22H29F2N3O. The molecule has 0 unspecified atom stereocenters. The van der Waals surface area contributed by atoms with Crippen molar-refractivity contribution in [3.63, 3.8) is 0 Å². The first-order valence-electron chi connectivity index (χ1n) is 9.64. The van der Waals surface area contributed by atoms with Gasteiger partial charge in [-0.05, 0) is 30.2 Å². The summed E-state index contributed by atoms with van der Waals surface area (Å²) in [5.74, 6) is -0.934. The third-order valence-electron chi connectivity index (χ3n) is 4.78. The van der Waals surface area contributed by atoms with Crippen LogP contribution in [0.3, 0.4) is 0 Å². The van der Waals surface area contributed by atoms with E-state index in [1.807, 2.05) is 32.3 Å². The highest BCUT2D eigenvalue weighted by molar-refractivity contribution is 5.83. The zero-order valence-corrected chi connectivity index (χ0v) is 16.5. The maximum absolute atomic E-state index is 13.1. The van der Waals surface area contributed by atoms with E-state index in [4.69, 9.17) is 5.21 Å². The van der Waals surface area contributed by atoms with Crippen LogP contribution in [0.1, 0.15) is 38.5 Å². The summed E-state index contributed by atoms with van der Waals surface area (Å²) in [6.07, 6.45) is 6.55. The Labute approximate surface area is 165 Å². The van der Waals surface area contributed by atoms with Gasteiger partial charge in [0.2, 0.25) is 0 Å². The fourth-order valence-electron chi connectivity index (χ4n) is 3.22. The topological polar surface area (TPSA) is 47.9 Å². The van der Waals surface area contributed by atoms with Crippen LogP contribution in [-0.2, 0) is 0 Å². The number of para-hydroxylation sites is 1. The van der Waals surface area contributed by atoms with E-state index in [-0.39, 0.29) is 0 Å². The van der Waals surface area contributed by atoms with Gasteiger partial charge in [-0.15, -0.1) is 0 Å². The Bertz CT molecular complexity index is 745. The van der Waals surface area contributed by atoms with Gasteiger partial charge in [0.15, 0.2) is 11.6 Å². The maximum atomic E-state index is 13.1. The second kappa shape index (κ2) is 11.4. The van der Waals surface area contributed by atoms with Crippen molar-refractivity contribution in [2.24, 2.45) is 10.9 Å². The Morgan fingerprint density at radius 1 is 1.04 bits per heavy atom. The SMILES string of the molecule is CN(C)c1ccccc1.ONC(CC1CCCCC1)=Nc1ccc(F)c(F)c1. The first-order valence-corrected chi connectivity index (χ1v) is 9.64. The normalized spacial score (nSPS) is 14.8. The molecule has 0 saturated heterocycles. The fraction of sp³-hybridized carbons (Fsp3) is 0.409. The number of nitrogens with zero attached hydrogens (tertiary/aromatic N) is 2. The lowest BCUT2D eigenvalue weighted by Gasteiger charge is -2.21. The molecule has 152 valence electrons. The number of benzene rings is 2. The average Bonchev–Trinajstić information content (AvgIpc) is 2.72. The molecule has 1 aliphatic rings. The van der Waals surface area contributed by atoms with Crippen LogP contribution in [-0.4, -0.2) is 25.1 Å². The molecule has 0 aliphatic heterocycles. The van der Waals surface area contributed by atoms with E-state index in [2.05, 4.69) is 27.5 Å². The third-order valence-corrected chi connectivity index (χ3v) is 4.78. The van der Waals surface area contributed by atoms with Gasteiger partial charge in [0, 0.05) is 32.3 Å². The first-order chi connectivity index (χ1) is 13.5. The molecule has 28 heavy (non-hydrogen) atoms. The third kappa shape index (κ3) is 7.27. The predicted octanol–water partition coefficient (Wildman–Crippen LogP) is 5.70. The summed E-state index contributed by atoms with van der Waals surface area (Å²) in [4.78, 5) is 6.21. The van der Waals surface area contributed by atoms with Crippen LogP contribution in [0.15, 0.2) is 53.5 Å². The molecule has 6 heteroatoms. The molecule has 4 nitrogen and oxygen atoms in total. The highest BCUT2D eigenvalue weighted by Crippen LogP contribution is 2.27. The van der Waals surface area contributed by atoms with E-state index in [0.29, 0.717) is 23.9 Å². The smallest absolute Gasteiger partial charge is 0.160 e. The number of hydroxylamine groups is 1. The Hall–Kier alpha value is -2.47. The van der Waals surface area contributed by atoms with Gasteiger partial charge >= 0.3 is 0 Å². The molecule has 0 aromatic heterocycles. The molecule has 2 aromatic rings. The lowest BCUT2D eigenvalue weighted by Crippen LogP contribution is -2.23. The number of nitrogens with one attached hydrogen (secondary N) is 1. The van der Waals surface area contributed by atoms with Crippen LogP contribution in [0.25, 0.3) is 0 Å². The van der Waals surface area contributed by atoms with E-state index in [0.717, 1.165) is 25.0 Å². The molecule has 0 atom stereocenters. The predicted molar refractivity (Wildman–Crippen MR) is 110 cm³/mol. The molecule has 1 saturated carbocycles. The summed E-state index contributed by atoms with van der Waals surface area (Å²) in [7, 11) is 4.07. The summed E-state index contributed by atoms with van der Waals surface area (Å²) < 4.78 is 25.9. The van der Waals surface area contributed by atoms with Gasteiger partial charge in [-0.2, -0.15) is 0 Å². The minimum atomic E-state index is -0.934. The molecule has 0 heterocycles. The van der Waals surface area contributed by atoms with Gasteiger partial charge in [0.1, 0.15) is 5.84 Å². The monoisotopic (exact) mass is 389 g/mol. The van der Waals surface area contributed by atoms with Gasteiger partial charge < -0.3 is 4.90 Å². The lowest BCUT2D eigenvalue weighted by atomic mass is 9.87. The molecular weight excluding hydrogens is 360 g/mol. The second-order valence-electron chi connectivity index (χ2n) is 7.21. The van der Waals surface area contributed by atoms with Crippen LogP contribution >= 0.6 is 0 Å². The Morgan fingerprint density at radius 3 is 2.25 bits per heavy atom. The van der Waals surface area contributed by atoms with E-state index < -0.39 is 11.6 Å². The van der Waals surface area contributed by atoms with Crippen molar-refractivity contribution < 1.29 is 14.0 Å². The van der Waals surface area contributed by atoms with E-state index >= 15 is 0 Å². The summed E-state index contributed by atoms with van der Waals surface area (Å²) >= 11 is 0. The van der Waals surface area contributed by atoms with Gasteiger partial charge in [0.05, 0.1) is 5.69 Å². The number of amidine groups is 1. The summed E-state index contributed by atoms with van der Waals surface area (Å²) in [5, 5.41) is 9.09. The highest BCUT2D eigenvalue weighted by atomic mass is 19.2. The van der Waals surface area contributed by atoms with Gasteiger partial charge in [-0.3, -0.25) is 10.7 Å². The lowest BCUT2D eigenvalue weighted by molar-refractivity contribution is 0.227. The number of aliphatic imine (C=N–C) groups is 1. The number of rotatable bonds is 4. The van der Waals surface area contributed by atoms with Crippen molar-refractivity contribution in [3.05, 3.63) is 60.2 Å². The Balaban J connectivity index is 0.000000261.